The molecule has 188 valence electrons. The van der Waals surface area contributed by atoms with Crippen molar-refractivity contribution in [2.45, 2.75) is 38.8 Å². The van der Waals surface area contributed by atoms with E-state index in [1.165, 1.54) is 6.07 Å². The summed E-state index contributed by atoms with van der Waals surface area (Å²) in [7, 11) is 2.03. The van der Waals surface area contributed by atoms with E-state index in [0.29, 0.717) is 36.6 Å². The van der Waals surface area contributed by atoms with Crippen LogP contribution < -0.4 is 21.1 Å². The first-order chi connectivity index (χ1) is 16.7. The predicted molar refractivity (Wildman–Crippen MR) is 131 cm³/mol. The SMILES string of the molecule is C[C@@H]1CN(c2cc(F)c(C3=CCCNC3)cc2NC(=O)c2c[nH]c(=O)cc2C(F)F)C[C@H](C)N1C. The zero-order chi connectivity index (χ0) is 25.3. The van der Waals surface area contributed by atoms with Crippen molar-refractivity contribution >= 4 is 22.9 Å². The molecule has 4 rings (SSSR count). The van der Waals surface area contributed by atoms with Gasteiger partial charge < -0.3 is 20.5 Å². The number of hydrogen-bond acceptors (Lipinski definition) is 5. The number of likely N-dealkylation sites (N-methyl/N-ethyl adjacent to an activating group) is 1. The van der Waals surface area contributed by atoms with E-state index in [4.69, 9.17) is 0 Å². The lowest BCUT2D eigenvalue weighted by Gasteiger charge is -2.44. The first kappa shape index (κ1) is 25.0. The Morgan fingerprint density at radius 2 is 1.89 bits per heavy atom. The smallest absolute Gasteiger partial charge is 0.264 e. The Balaban J connectivity index is 1.77. The molecule has 1 amide bonds. The summed E-state index contributed by atoms with van der Waals surface area (Å²) < 4.78 is 42.5. The van der Waals surface area contributed by atoms with Crippen LogP contribution in [0, 0.1) is 5.82 Å². The number of halogens is 3. The fourth-order valence-corrected chi connectivity index (χ4v) is 4.67. The van der Waals surface area contributed by atoms with Crippen LogP contribution in [-0.4, -0.2) is 61.1 Å². The first-order valence-electron chi connectivity index (χ1n) is 11.7. The number of pyridine rings is 1. The molecule has 0 radical (unpaired) electrons. The standard InChI is InChI=1S/C25H30F3N5O2/c1-14-12-33(13-15(2)32(14)3)22-9-20(26)17(16-5-4-6-29-10-16)7-21(22)31-25(35)19-11-30-23(34)8-18(19)24(27)28/h5,7-9,11,14-15,24,29H,4,6,10,12-13H2,1-3H3,(H,30,34)(H,31,35)/t14-,15+. The number of nitrogens with one attached hydrogen (secondary N) is 3. The maximum atomic E-state index is 15.4. The number of rotatable bonds is 5. The second-order valence-electron chi connectivity index (χ2n) is 9.23. The summed E-state index contributed by atoms with van der Waals surface area (Å²) in [6, 6.07) is 4.06. The minimum absolute atomic E-state index is 0.180. The number of H-pyrrole nitrogens is 1. The number of carbonyl (C=O) groups excluding carboxylic acids is 1. The summed E-state index contributed by atoms with van der Waals surface area (Å²) in [6.07, 6.45) is 0.688. The summed E-state index contributed by atoms with van der Waals surface area (Å²) in [4.78, 5) is 31.2. The lowest BCUT2D eigenvalue weighted by Crippen LogP contribution is -2.55. The summed E-state index contributed by atoms with van der Waals surface area (Å²) in [6.45, 7) is 6.63. The largest absolute Gasteiger partial charge is 0.367 e. The molecule has 2 atom stereocenters. The number of hydrogen-bond donors (Lipinski definition) is 3. The van der Waals surface area contributed by atoms with Crippen molar-refractivity contribution < 1.29 is 18.0 Å². The topological polar surface area (TPSA) is 80.5 Å². The molecule has 1 aromatic carbocycles. The molecule has 35 heavy (non-hydrogen) atoms. The van der Waals surface area contributed by atoms with E-state index >= 15 is 4.39 Å². The number of carbonyl (C=O) groups is 1. The first-order valence-corrected chi connectivity index (χ1v) is 11.7. The summed E-state index contributed by atoms with van der Waals surface area (Å²) in [5.74, 6) is -1.22. The Morgan fingerprint density at radius 3 is 2.51 bits per heavy atom. The van der Waals surface area contributed by atoms with Crippen molar-refractivity contribution in [3.05, 3.63) is 63.3 Å². The van der Waals surface area contributed by atoms with Crippen LogP contribution in [0.15, 0.2) is 35.3 Å². The number of aromatic amines is 1. The number of aromatic nitrogens is 1. The number of amides is 1. The van der Waals surface area contributed by atoms with Crippen molar-refractivity contribution in [3.8, 4) is 0 Å². The van der Waals surface area contributed by atoms with Gasteiger partial charge in [-0.3, -0.25) is 14.5 Å². The van der Waals surface area contributed by atoms with E-state index in [0.717, 1.165) is 30.8 Å². The second kappa shape index (κ2) is 10.2. The van der Waals surface area contributed by atoms with Gasteiger partial charge in [0.2, 0.25) is 5.56 Å². The minimum Gasteiger partial charge on any atom is -0.367 e. The van der Waals surface area contributed by atoms with Crippen LogP contribution in [0.2, 0.25) is 0 Å². The third-order valence-corrected chi connectivity index (χ3v) is 6.84. The maximum absolute atomic E-state index is 15.4. The molecule has 1 fully saturated rings. The van der Waals surface area contributed by atoms with E-state index in [-0.39, 0.29) is 17.6 Å². The van der Waals surface area contributed by atoms with Crippen molar-refractivity contribution in [2.75, 3.05) is 43.4 Å². The van der Waals surface area contributed by atoms with Gasteiger partial charge in [-0.15, -0.1) is 0 Å². The lowest BCUT2D eigenvalue weighted by molar-refractivity contribution is 0.101. The van der Waals surface area contributed by atoms with Crippen LogP contribution in [0.3, 0.4) is 0 Å². The van der Waals surface area contributed by atoms with Crippen LogP contribution in [0.4, 0.5) is 24.5 Å². The fraction of sp³-hybridized carbons (Fsp3) is 0.440. The van der Waals surface area contributed by atoms with Crippen molar-refractivity contribution in [1.82, 2.24) is 15.2 Å². The van der Waals surface area contributed by atoms with Crippen molar-refractivity contribution in [3.63, 3.8) is 0 Å². The van der Waals surface area contributed by atoms with E-state index in [1.807, 2.05) is 18.0 Å². The highest BCUT2D eigenvalue weighted by atomic mass is 19.3. The van der Waals surface area contributed by atoms with Gasteiger partial charge in [0.15, 0.2) is 0 Å². The van der Waals surface area contributed by atoms with E-state index in [9.17, 15) is 18.4 Å². The second-order valence-corrected chi connectivity index (χ2v) is 9.23. The average molecular weight is 490 g/mol. The van der Waals surface area contributed by atoms with Crippen molar-refractivity contribution in [2.24, 2.45) is 0 Å². The number of anilines is 2. The molecule has 0 unspecified atom stereocenters. The fourth-order valence-electron chi connectivity index (χ4n) is 4.67. The zero-order valence-electron chi connectivity index (χ0n) is 20.0. The molecule has 3 N–H and O–H groups in total. The van der Waals surface area contributed by atoms with Gasteiger partial charge in [-0.1, -0.05) is 6.08 Å². The minimum atomic E-state index is -3.00. The molecule has 3 heterocycles. The molecule has 0 saturated carbocycles. The van der Waals surface area contributed by atoms with Crippen LogP contribution in [0.25, 0.3) is 5.57 Å². The van der Waals surface area contributed by atoms with Gasteiger partial charge in [0.05, 0.1) is 16.9 Å². The Labute approximate surface area is 202 Å². The highest BCUT2D eigenvalue weighted by Gasteiger charge is 2.30. The van der Waals surface area contributed by atoms with Gasteiger partial charge in [-0.2, -0.15) is 0 Å². The summed E-state index contributed by atoms with van der Waals surface area (Å²) >= 11 is 0. The monoisotopic (exact) mass is 489 g/mol. The molecule has 2 aromatic rings. The molecule has 1 saturated heterocycles. The third-order valence-electron chi connectivity index (χ3n) is 6.84. The Morgan fingerprint density at radius 1 is 1.17 bits per heavy atom. The number of nitrogens with zero attached hydrogens (tertiary/aromatic N) is 2. The van der Waals surface area contributed by atoms with Gasteiger partial charge in [0.1, 0.15) is 5.82 Å². The Hall–Kier alpha value is -3.11. The van der Waals surface area contributed by atoms with Crippen LogP contribution in [0.5, 0.6) is 0 Å². The predicted octanol–water partition coefficient (Wildman–Crippen LogP) is 3.61. The van der Waals surface area contributed by atoms with Crippen molar-refractivity contribution in [1.29, 1.82) is 0 Å². The van der Waals surface area contributed by atoms with Crippen LogP contribution in [0.1, 0.15) is 48.2 Å². The average Bonchev–Trinajstić information content (AvgIpc) is 2.83. The molecular weight excluding hydrogens is 459 g/mol. The Bertz CT molecular complexity index is 1180. The molecule has 0 aliphatic carbocycles. The highest BCUT2D eigenvalue weighted by Crippen LogP contribution is 2.35. The van der Waals surface area contributed by atoms with Crippen LogP contribution in [-0.2, 0) is 0 Å². The number of alkyl halides is 2. The van der Waals surface area contributed by atoms with E-state index in [1.54, 1.807) is 6.07 Å². The van der Waals surface area contributed by atoms with Gasteiger partial charge in [-0.05, 0) is 51.6 Å². The van der Waals surface area contributed by atoms with E-state index < -0.39 is 29.3 Å². The number of piperazine rings is 1. The number of benzene rings is 1. The van der Waals surface area contributed by atoms with Gasteiger partial charge in [0.25, 0.3) is 12.3 Å². The third kappa shape index (κ3) is 5.28. The summed E-state index contributed by atoms with van der Waals surface area (Å²) in [5.41, 5.74) is 0.215. The quantitative estimate of drug-likeness (QED) is 0.598. The van der Waals surface area contributed by atoms with Gasteiger partial charge in [0, 0.05) is 55.1 Å². The highest BCUT2D eigenvalue weighted by molar-refractivity contribution is 6.07. The maximum Gasteiger partial charge on any atom is 0.264 e. The summed E-state index contributed by atoms with van der Waals surface area (Å²) in [5, 5.41) is 5.93. The van der Waals surface area contributed by atoms with Crippen LogP contribution >= 0.6 is 0 Å². The lowest BCUT2D eigenvalue weighted by atomic mass is 9.99. The Kier molecular flexibility index (Phi) is 7.32. The van der Waals surface area contributed by atoms with Gasteiger partial charge >= 0.3 is 0 Å². The zero-order valence-corrected chi connectivity index (χ0v) is 20.0. The molecule has 1 aromatic heterocycles. The molecular formula is C25H30F3N5O2. The molecule has 2 aliphatic heterocycles. The molecule has 0 spiro atoms. The molecule has 7 nitrogen and oxygen atoms in total. The molecule has 10 heteroatoms. The normalized spacial score (nSPS) is 21.2. The van der Waals surface area contributed by atoms with E-state index in [2.05, 4.69) is 34.4 Å². The molecule has 0 bridgehead atoms. The van der Waals surface area contributed by atoms with Gasteiger partial charge in [-0.25, -0.2) is 13.2 Å². The molecule has 2 aliphatic rings.